The van der Waals surface area contributed by atoms with Crippen molar-refractivity contribution in [2.45, 2.75) is 6.42 Å². The highest BCUT2D eigenvalue weighted by Crippen LogP contribution is 2.28. The molecular weight excluding hydrogens is 466 g/mol. The number of benzene rings is 3. The number of nitrogens with one attached hydrogen (secondary N) is 2. The van der Waals surface area contributed by atoms with Gasteiger partial charge in [0.05, 0.1) is 17.0 Å². The van der Waals surface area contributed by atoms with Crippen LogP contribution in [0.25, 0.3) is 5.70 Å². The minimum atomic E-state index is -1.10. The zero-order valence-corrected chi connectivity index (χ0v) is 18.5. The Kier molecular flexibility index (Phi) is 6.59. The molecule has 178 valence electrons. The number of rotatable bonds is 8. The average Bonchev–Trinajstić information content (AvgIpc) is 2.87. The zero-order chi connectivity index (χ0) is 25.8. The highest BCUT2D eigenvalue weighted by Gasteiger charge is 2.27. The topological polar surface area (TPSA) is 153 Å². The van der Waals surface area contributed by atoms with E-state index >= 15 is 0 Å². The van der Waals surface area contributed by atoms with Gasteiger partial charge in [-0.05, 0) is 18.2 Å². The highest BCUT2D eigenvalue weighted by atomic mass is 16.6. The minimum absolute atomic E-state index is 0.0409. The van der Waals surface area contributed by atoms with Gasteiger partial charge in [-0.25, -0.2) is 0 Å². The van der Waals surface area contributed by atoms with E-state index in [1.54, 1.807) is 36.4 Å². The van der Waals surface area contributed by atoms with Gasteiger partial charge < -0.3 is 10.6 Å². The van der Waals surface area contributed by atoms with Crippen molar-refractivity contribution in [3.05, 3.63) is 106 Å². The van der Waals surface area contributed by atoms with E-state index in [1.165, 1.54) is 30.3 Å². The van der Waals surface area contributed by atoms with Crippen LogP contribution in [0.3, 0.4) is 0 Å². The summed E-state index contributed by atoms with van der Waals surface area (Å²) in [6, 6.07) is 17.8. The van der Waals surface area contributed by atoms with Crippen molar-refractivity contribution in [3.8, 4) is 0 Å². The molecule has 0 saturated carbocycles. The van der Waals surface area contributed by atoms with Gasteiger partial charge in [-0.15, -0.1) is 0 Å². The lowest BCUT2D eigenvalue weighted by molar-refractivity contribution is -0.384. The molecule has 1 amide bonds. The number of Topliss-reactive ketones (excluding diaryl/α,β-unsaturated/α-hetero) is 3. The normalized spacial score (nSPS) is 12.3. The lowest BCUT2D eigenvalue weighted by atomic mass is 9.92. The lowest BCUT2D eigenvalue weighted by Gasteiger charge is -2.19. The molecule has 0 saturated heterocycles. The van der Waals surface area contributed by atoms with Crippen LogP contribution in [0.5, 0.6) is 0 Å². The van der Waals surface area contributed by atoms with Gasteiger partial charge in [-0.1, -0.05) is 42.5 Å². The molecule has 4 rings (SSSR count). The maximum absolute atomic E-state index is 12.9. The Bertz CT molecular complexity index is 1490. The monoisotopic (exact) mass is 483 g/mol. The average molecular weight is 483 g/mol. The second kappa shape index (κ2) is 9.94. The number of anilines is 2. The number of nitro groups is 1. The largest absolute Gasteiger partial charge is 0.354 e. The van der Waals surface area contributed by atoms with Crippen LogP contribution in [0.4, 0.5) is 17.1 Å². The Morgan fingerprint density at radius 2 is 1.56 bits per heavy atom. The van der Waals surface area contributed by atoms with E-state index < -0.39 is 40.4 Å². The Hall–Kier alpha value is -5.25. The number of hydrogen-bond acceptors (Lipinski definition) is 8. The van der Waals surface area contributed by atoms with Crippen LogP contribution in [0.1, 0.15) is 32.7 Å². The van der Waals surface area contributed by atoms with E-state index in [4.69, 9.17) is 0 Å². The number of hydrogen-bond donors (Lipinski definition) is 2. The zero-order valence-electron chi connectivity index (χ0n) is 18.5. The summed E-state index contributed by atoms with van der Waals surface area (Å²) in [5, 5.41) is 16.1. The van der Waals surface area contributed by atoms with E-state index in [0.29, 0.717) is 11.3 Å². The molecule has 0 unspecified atom stereocenters. The van der Waals surface area contributed by atoms with Gasteiger partial charge in [-0.2, -0.15) is 0 Å². The Morgan fingerprint density at radius 3 is 2.31 bits per heavy atom. The van der Waals surface area contributed by atoms with Crippen molar-refractivity contribution in [1.29, 1.82) is 0 Å². The molecule has 0 spiro atoms. The molecular formula is C26H17N3O7. The second-order valence-electron chi connectivity index (χ2n) is 7.75. The predicted molar refractivity (Wildman–Crippen MR) is 130 cm³/mol. The van der Waals surface area contributed by atoms with E-state index in [2.05, 4.69) is 10.6 Å². The smallest absolute Gasteiger partial charge is 0.292 e. The second-order valence-corrected chi connectivity index (χ2v) is 7.75. The number of nitrogens with zero attached hydrogens (tertiary/aromatic N) is 1. The summed E-state index contributed by atoms with van der Waals surface area (Å²) in [5.74, 6) is -4.15. The molecule has 0 heterocycles. The summed E-state index contributed by atoms with van der Waals surface area (Å²) >= 11 is 0. The molecule has 10 nitrogen and oxygen atoms in total. The first-order valence-electron chi connectivity index (χ1n) is 10.6. The number of non-ortho nitro benzene ring substituents is 1. The molecule has 2 N–H and O–H groups in total. The molecule has 1 aliphatic rings. The summed E-state index contributed by atoms with van der Waals surface area (Å²) in [5.41, 5.74) is 1.16. The molecule has 3 aromatic rings. The van der Waals surface area contributed by atoms with Crippen molar-refractivity contribution in [1.82, 2.24) is 0 Å². The number of amides is 1. The van der Waals surface area contributed by atoms with Gasteiger partial charge in [0.1, 0.15) is 0 Å². The van der Waals surface area contributed by atoms with Gasteiger partial charge in [0, 0.05) is 46.3 Å². The molecule has 0 fully saturated rings. The summed E-state index contributed by atoms with van der Waals surface area (Å²) in [6.07, 6.45) is 0.385. The number of nitro benzene ring substituents is 1. The third kappa shape index (κ3) is 4.97. The van der Waals surface area contributed by atoms with Crippen molar-refractivity contribution in [2.75, 3.05) is 10.6 Å². The number of para-hydroxylation sites is 1. The van der Waals surface area contributed by atoms with Crippen molar-refractivity contribution < 1.29 is 28.9 Å². The molecule has 0 aliphatic heterocycles. The third-order valence-corrected chi connectivity index (χ3v) is 5.35. The molecule has 1 aliphatic carbocycles. The van der Waals surface area contributed by atoms with Crippen molar-refractivity contribution in [3.63, 3.8) is 0 Å². The summed E-state index contributed by atoms with van der Waals surface area (Å²) in [6.45, 7) is 0. The van der Waals surface area contributed by atoms with Gasteiger partial charge in [0.2, 0.25) is 17.3 Å². The van der Waals surface area contributed by atoms with Crippen LogP contribution in [0.2, 0.25) is 0 Å². The lowest BCUT2D eigenvalue weighted by Crippen LogP contribution is -2.25. The predicted octanol–water partition coefficient (Wildman–Crippen LogP) is 3.59. The van der Waals surface area contributed by atoms with E-state index in [0.717, 1.165) is 12.1 Å². The van der Waals surface area contributed by atoms with Crippen LogP contribution in [-0.2, 0) is 14.4 Å². The number of carbonyl (C=O) groups excluding carboxylic acids is 5. The first kappa shape index (κ1) is 23.9. The molecule has 0 aromatic heterocycles. The molecule has 10 heteroatoms. The van der Waals surface area contributed by atoms with Gasteiger partial charge in [0.25, 0.3) is 11.6 Å². The number of ketones is 4. The fourth-order valence-corrected chi connectivity index (χ4v) is 3.63. The molecule has 3 aromatic carbocycles. The third-order valence-electron chi connectivity index (χ3n) is 5.35. The molecule has 0 atom stereocenters. The summed E-state index contributed by atoms with van der Waals surface area (Å²) in [4.78, 5) is 72.2. The van der Waals surface area contributed by atoms with Crippen LogP contribution in [0.15, 0.2) is 78.9 Å². The van der Waals surface area contributed by atoms with Crippen LogP contribution < -0.4 is 10.6 Å². The molecule has 0 radical (unpaired) electrons. The standard InChI is InChI=1S/C26H17N3O7/c30-22(14-24(32)26(34)27-15-6-5-7-16(12-15)29(35)36)19-10-3-4-11-20(19)28-21-13-23(31)25(33)18-9-2-1-8-17(18)21/h1-13,28H,14H2,(H,27,34). The van der Waals surface area contributed by atoms with E-state index in [9.17, 15) is 34.1 Å². The summed E-state index contributed by atoms with van der Waals surface area (Å²) < 4.78 is 0. The van der Waals surface area contributed by atoms with Crippen LogP contribution in [0, 0.1) is 10.1 Å². The van der Waals surface area contributed by atoms with Crippen molar-refractivity contribution in [2.24, 2.45) is 0 Å². The van der Waals surface area contributed by atoms with Gasteiger partial charge in [0.15, 0.2) is 5.78 Å². The van der Waals surface area contributed by atoms with Crippen LogP contribution in [-0.4, -0.2) is 34.0 Å². The van der Waals surface area contributed by atoms with Gasteiger partial charge in [-0.3, -0.25) is 34.1 Å². The molecule has 36 heavy (non-hydrogen) atoms. The first-order valence-corrected chi connectivity index (χ1v) is 10.6. The number of fused-ring (bicyclic) bond motifs is 1. The van der Waals surface area contributed by atoms with E-state index in [1.807, 2.05) is 0 Å². The number of carbonyl (C=O) groups is 5. The number of allylic oxidation sites excluding steroid dienone is 1. The minimum Gasteiger partial charge on any atom is -0.354 e. The van der Waals surface area contributed by atoms with Gasteiger partial charge >= 0.3 is 0 Å². The molecule has 0 bridgehead atoms. The maximum Gasteiger partial charge on any atom is 0.292 e. The first-order chi connectivity index (χ1) is 17.2. The Labute approximate surface area is 203 Å². The Balaban J connectivity index is 1.51. The SMILES string of the molecule is O=C1C=C(Nc2ccccc2C(=O)CC(=O)C(=O)Nc2cccc([N+](=O)[O-])c2)c2ccccc2C1=O. The maximum atomic E-state index is 12.9. The summed E-state index contributed by atoms with van der Waals surface area (Å²) in [7, 11) is 0. The quantitative estimate of drug-likeness (QED) is 0.162. The highest BCUT2D eigenvalue weighted by molar-refractivity contribution is 6.50. The Morgan fingerprint density at radius 1 is 0.861 bits per heavy atom. The fourth-order valence-electron chi connectivity index (χ4n) is 3.63. The van der Waals surface area contributed by atoms with Crippen molar-refractivity contribution >= 4 is 51.8 Å². The van der Waals surface area contributed by atoms with Crippen LogP contribution >= 0.6 is 0 Å². The van der Waals surface area contributed by atoms with E-state index in [-0.39, 0.29) is 28.2 Å². The fraction of sp³-hybridized carbons (Fsp3) is 0.0385.